The molecule has 6 nitrogen and oxygen atoms in total. The van der Waals surface area contributed by atoms with Crippen molar-refractivity contribution < 1.29 is 23.7 Å². The first-order valence-corrected chi connectivity index (χ1v) is 13.0. The maximum atomic E-state index is 12.8. The third kappa shape index (κ3) is 19.2. The molecule has 0 bridgehead atoms. The second-order valence-corrected chi connectivity index (χ2v) is 9.75. The molecule has 32 heavy (non-hydrogen) atoms. The Morgan fingerprint density at radius 1 is 0.875 bits per heavy atom. The molecule has 0 aliphatic heterocycles. The summed E-state index contributed by atoms with van der Waals surface area (Å²) in [6, 6.07) is 0. The summed E-state index contributed by atoms with van der Waals surface area (Å²) in [6.45, 7) is 22.0. The van der Waals surface area contributed by atoms with E-state index in [1.165, 1.54) is 0 Å². The van der Waals surface area contributed by atoms with Gasteiger partial charge in [0.05, 0.1) is 32.8 Å². The van der Waals surface area contributed by atoms with Gasteiger partial charge in [0.2, 0.25) is 5.91 Å². The van der Waals surface area contributed by atoms with Crippen LogP contribution in [0.3, 0.4) is 0 Å². The highest BCUT2D eigenvalue weighted by Crippen LogP contribution is 2.14. The van der Waals surface area contributed by atoms with Crippen molar-refractivity contribution >= 4 is 18.5 Å². The molecule has 0 aliphatic rings. The average molecular weight is 480 g/mol. The van der Waals surface area contributed by atoms with Gasteiger partial charge >= 0.3 is 0 Å². The Balaban J connectivity index is 0. The summed E-state index contributed by atoms with van der Waals surface area (Å²) < 4.78 is 23.3. The van der Waals surface area contributed by atoms with E-state index in [1.807, 2.05) is 20.8 Å². The second kappa shape index (κ2) is 21.2. The summed E-state index contributed by atoms with van der Waals surface area (Å²) in [7, 11) is 0. The first-order chi connectivity index (χ1) is 15.1. The molecule has 0 saturated carbocycles. The van der Waals surface area contributed by atoms with E-state index in [4.69, 9.17) is 18.9 Å². The molecule has 0 aromatic rings. The number of thiol groups is 1. The van der Waals surface area contributed by atoms with Crippen LogP contribution in [-0.2, 0) is 23.7 Å². The normalized spacial score (nSPS) is 13.6. The monoisotopic (exact) mass is 479 g/mol. The van der Waals surface area contributed by atoms with Crippen molar-refractivity contribution in [2.75, 3.05) is 46.2 Å². The molecule has 1 amide bonds. The highest BCUT2D eigenvalue weighted by Gasteiger charge is 2.34. The van der Waals surface area contributed by atoms with Crippen LogP contribution < -0.4 is 5.32 Å². The van der Waals surface area contributed by atoms with Crippen LogP contribution in [-0.4, -0.2) is 63.1 Å². The minimum absolute atomic E-state index is 0.140. The molecule has 0 spiro atoms. The second-order valence-electron chi connectivity index (χ2n) is 9.17. The molecule has 7 heteroatoms. The maximum absolute atomic E-state index is 12.8. The summed E-state index contributed by atoms with van der Waals surface area (Å²) in [4.78, 5) is 12.8. The Kier molecular flexibility index (Phi) is 22.4. The molecular formula is C25H53NO5S. The molecular weight excluding hydrogens is 426 g/mol. The van der Waals surface area contributed by atoms with E-state index in [9.17, 15) is 4.79 Å². The fourth-order valence-corrected chi connectivity index (χ4v) is 3.18. The van der Waals surface area contributed by atoms with Gasteiger partial charge in [0.25, 0.3) is 0 Å². The summed E-state index contributed by atoms with van der Waals surface area (Å²) in [5.41, 5.74) is -1.18. The van der Waals surface area contributed by atoms with Crippen LogP contribution in [0.15, 0.2) is 0 Å². The highest BCUT2D eigenvalue weighted by atomic mass is 32.1. The van der Waals surface area contributed by atoms with E-state index >= 15 is 0 Å². The van der Waals surface area contributed by atoms with Gasteiger partial charge in [-0.25, -0.2) is 0 Å². The molecule has 0 aromatic heterocycles. The van der Waals surface area contributed by atoms with Gasteiger partial charge in [-0.15, -0.1) is 12.6 Å². The van der Waals surface area contributed by atoms with Crippen LogP contribution in [0.1, 0.15) is 81.6 Å². The lowest BCUT2D eigenvalue weighted by molar-refractivity contribution is -0.129. The Morgan fingerprint density at radius 3 is 1.81 bits per heavy atom. The molecule has 2 unspecified atom stereocenters. The zero-order valence-corrected chi connectivity index (χ0v) is 23.3. The van der Waals surface area contributed by atoms with Gasteiger partial charge in [-0.3, -0.25) is 4.79 Å². The average Bonchev–Trinajstić information content (AvgIpc) is 2.71. The number of hydrogen-bond acceptors (Lipinski definition) is 6. The predicted molar refractivity (Wildman–Crippen MR) is 137 cm³/mol. The maximum Gasteiger partial charge on any atom is 0.224 e. The lowest BCUT2D eigenvalue weighted by atomic mass is 10.0. The van der Waals surface area contributed by atoms with Crippen LogP contribution in [0.2, 0.25) is 0 Å². The lowest BCUT2D eigenvalue weighted by Gasteiger charge is -2.35. The number of hydrogen-bond donors (Lipinski definition) is 2. The Bertz CT molecular complexity index is 421. The van der Waals surface area contributed by atoms with E-state index in [-0.39, 0.29) is 12.3 Å². The van der Waals surface area contributed by atoms with Crippen molar-refractivity contribution in [1.82, 2.24) is 5.32 Å². The molecule has 0 aromatic carbocycles. The molecule has 0 fully saturated rings. The largest absolute Gasteiger partial charge is 0.379 e. The molecule has 0 rings (SSSR count). The standard InChI is InChI=1S/C23H47NO5S.C2H6/c1-8-10-20(7)14-29-22(30)11-21(25)24-23(15-26-9-2,16-27-12-18(3)4)17-28-13-19(5)6;1-2/h18-20,22,30H,8-17H2,1-7H3,(H,24,25);1-2H3. The van der Waals surface area contributed by atoms with Gasteiger partial charge in [-0.2, -0.15) is 0 Å². The van der Waals surface area contributed by atoms with Crippen molar-refractivity contribution in [3.8, 4) is 0 Å². The smallest absolute Gasteiger partial charge is 0.224 e. The van der Waals surface area contributed by atoms with Crippen LogP contribution >= 0.6 is 12.6 Å². The topological polar surface area (TPSA) is 66.0 Å². The number of carbonyl (C=O) groups is 1. The lowest BCUT2D eigenvalue weighted by Crippen LogP contribution is -2.59. The fourth-order valence-electron chi connectivity index (χ4n) is 2.93. The molecule has 0 radical (unpaired) electrons. The van der Waals surface area contributed by atoms with Gasteiger partial charge in [-0.1, -0.05) is 61.8 Å². The quantitative estimate of drug-likeness (QED) is 0.193. The molecule has 0 aliphatic carbocycles. The van der Waals surface area contributed by atoms with Crippen LogP contribution in [0.25, 0.3) is 0 Å². The van der Waals surface area contributed by atoms with Crippen LogP contribution in [0, 0.1) is 17.8 Å². The SMILES string of the molecule is CC.CCCC(C)COC(S)CC(=O)NC(COCC)(COCC(C)C)COCC(C)C. The van der Waals surface area contributed by atoms with E-state index in [0.29, 0.717) is 64.0 Å². The molecule has 2 atom stereocenters. The Hall–Kier alpha value is -0.340. The van der Waals surface area contributed by atoms with Gasteiger partial charge in [0.15, 0.2) is 0 Å². The number of ether oxygens (including phenoxy) is 4. The molecule has 0 heterocycles. The molecule has 0 saturated heterocycles. The minimum atomic E-state index is -0.736. The van der Waals surface area contributed by atoms with Crippen molar-refractivity contribution in [3.05, 3.63) is 0 Å². The van der Waals surface area contributed by atoms with E-state index < -0.39 is 11.0 Å². The van der Waals surface area contributed by atoms with Gasteiger partial charge in [0, 0.05) is 19.8 Å². The summed E-state index contributed by atoms with van der Waals surface area (Å²) in [6.07, 6.45) is 2.39. The summed E-state index contributed by atoms with van der Waals surface area (Å²) in [5.74, 6) is 1.13. The molecule has 194 valence electrons. The zero-order valence-electron chi connectivity index (χ0n) is 22.4. The van der Waals surface area contributed by atoms with Gasteiger partial charge in [-0.05, 0) is 31.1 Å². The van der Waals surface area contributed by atoms with Gasteiger partial charge < -0.3 is 24.3 Å². The van der Waals surface area contributed by atoms with Crippen LogP contribution in [0.4, 0.5) is 0 Å². The first-order valence-electron chi connectivity index (χ1n) is 12.5. The Morgan fingerprint density at radius 2 is 1.38 bits per heavy atom. The number of carbonyl (C=O) groups excluding carboxylic acids is 1. The Labute approximate surface area is 204 Å². The van der Waals surface area contributed by atoms with Crippen LogP contribution in [0.5, 0.6) is 0 Å². The van der Waals surface area contributed by atoms with Crippen molar-refractivity contribution in [2.24, 2.45) is 17.8 Å². The third-order valence-electron chi connectivity index (χ3n) is 4.36. The predicted octanol–water partition coefficient (Wildman–Crippen LogP) is 5.35. The van der Waals surface area contributed by atoms with E-state index in [1.54, 1.807) is 0 Å². The highest BCUT2D eigenvalue weighted by molar-refractivity contribution is 7.80. The van der Waals surface area contributed by atoms with Gasteiger partial charge in [0.1, 0.15) is 11.0 Å². The number of amides is 1. The number of rotatable bonds is 19. The summed E-state index contributed by atoms with van der Waals surface area (Å²) >= 11 is 4.45. The number of nitrogens with one attached hydrogen (secondary N) is 1. The van der Waals surface area contributed by atoms with E-state index in [2.05, 4.69) is 59.5 Å². The summed E-state index contributed by atoms with van der Waals surface area (Å²) in [5, 5.41) is 3.11. The fraction of sp³-hybridized carbons (Fsp3) is 0.960. The molecule has 1 N–H and O–H groups in total. The van der Waals surface area contributed by atoms with E-state index in [0.717, 1.165) is 12.8 Å². The third-order valence-corrected chi connectivity index (χ3v) is 4.69. The first kappa shape index (κ1) is 33.8. The van der Waals surface area contributed by atoms with Crippen molar-refractivity contribution in [3.63, 3.8) is 0 Å². The van der Waals surface area contributed by atoms with Crippen molar-refractivity contribution in [2.45, 2.75) is 92.6 Å². The zero-order chi connectivity index (χ0) is 25.0. The minimum Gasteiger partial charge on any atom is -0.379 e. The van der Waals surface area contributed by atoms with Crippen molar-refractivity contribution in [1.29, 1.82) is 0 Å².